The van der Waals surface area contributed by atoms with Crippen LogP contribution in [0.4, 0.5) is 17.2 Å². The van der Waals surface area contributed by atoms with Gasteiger partial charge in [0.1, 0.15) is 23.9 Å². The third-order valence-corrected chi connectivity index (χ3v) is 5.99. The van der Waals surface area contributed by atoms with Gasteiger partial charge in [-0.25, -0.2) is 9.97 Å². The van der Waals surface area contributed by atoms with Crippen LogP contribution in [0, 0.1) is 0 Å². The van der Waals surface area contributed by atoms with Crippen LogP contribution in [-0.4, -0.2) is 67.7 Å². The molecule has 1 aliphatic heterocycles. The van der Waals surface area contributed by atoms with Crippen molar-refractivity contribution in [1.29, 1.82) is 0 Å². The van der Waals surface area contributed by atoms with Crippen LogP contribution in [0.5, 0.6) is 0 Å². The zero-order valence-electron chi connectivity index (χ0n) is 21.2. The van der Waals surface area contributed by atoms with Gasteiger partial charge in [0.05, 0.1) is 11.9 Å². The Labute approximate surface area is 212 Å². The van der Waals surface area contributed by atoms with E-state index in [2.05, 4.69) is 43.9 Å². The number of nitrogens with two attached hydrogens (primary N) is 1. The third kappa shape index (κ3) is 6.17. The van der Waals surface area contributed by atoms with Crippen LogP contribution in [-0.2, 0) is 0 Å². The first-order chi connectivity index (χ1) is 17.4. The average molecular weight is 487 g/mol. The predicted octanol–water partition coefficient (Wildman–Crippen LogP) is 4.38. The van der Waals surface area contributed by atoms with Gasteiger partial charge in [0.25, 0.3) is 0 Å². The molecule has 0 atom stereocenters. The minimum Gasteiger partial charge on any atom is -0.438 e. The number of aromatic nitrogens is 2. The molecule has 2 aromatic heterocycles. The second-order valence-corrected chi connectivity index (χ2v) is 9.08. The first-order valence-electron chi connectivity index (χ1n) is 12.1. The van der Waals surface area contributed by atoms with Gasteiger partial charge in [-0.15, -0.1) is 0 Å². The number of anilines is 3. The number of aliphatic imine (C=N–C) groups is 2. The summed E-state index contributed by atoms with van der Waals surface area (Å²) >= 11 is 0. The second-order valence-electron chi connectivity index (χ2n) is 9.08. The molecule has 3 N–H and O–H groups in total. The number of pyridine rings is 1. The predicted molar refractivity (Wildman–Crippen MR) is 149 cm³/mol. The zero-order chi connectivity index (χ0) is 25.5. The molecule has 4 rings (SSSR count). The van der Waals surface area contributed by atoms with Gasteiger partial charge in [-0.2, -0.15) is 0 Å². The molecule has 3 aromatic rings. The lowest BCUT2D eigenvalue weighted by molar-refractivity contribution is 0.312. The summed E-state index contributed by atoms with van der Waals surface area (Å²) in [6, 6.07) is 11.6. The number of allylic oxidation sites excluding steroid dienone is 1. The van der Waals surface area contributed by atoms with Crippen LogP contribution in [0.25, 0.3) is 17.0 Å². The summed E-state index contributed by atoms with van der Waals surface area (Å²) in [5.41, 5.74) is 9.65. The van der Waals surface area contributed by atoms with Crippen molar-refractivity contribution >= 4 is 35.8 Å². The molecule has 9 nitrogen and oxygen atoms in total. The Bertz CT molecular complexity index is 1220. The van der Waals surface area contributed by atoms with Crippen molar-refractivity contribution in [3.8, 4) is 11.3 Å². The first kappa shape index (κ1) is 25.1. The van der Waals surface area contributed by atoms with E-state index in [4.69, 9.17) is 15.1 Å². The lowest BCUT2D eigenvalue weighted by atomic mass is 10.1. The molecule has 188 valence electrons. The maximum atomic E-state index is 6.07. The summed E-state index contributed by atoms with van der Waals surface area (Å²) in [7, 11) is 2.15. The lowest BCUT2D eigenvalue weighted by Crippen LogP contribution is -2.44. The molecule has 0 amide bonds. The van der Waals surface area contributed by atoms with Crippen LogP contribution in [0.3, 0.4) is 0 Å². The Balaban J connectivity index is 1.42. The number of likely N-dealkylation sites (N-methyl/N-ethyl adjacent to an activating group) is 1. The van der Waals surface area contributed by atoms with Crippen molar-refractivity contribution in [3.05, 3.63) is 60.3 Å². The van der Waals surface area contributed by atoms with Gasteiger partial charge in [-0.3, -0.25) is 9.98 Å². The van der Waals surface area contributed by atoms with Crippen molar-refractivity contribution in [1.82, 2.24) is 14.9 Å². The van der Waals surface area contributed by atoms with E-state index in [1.807, 2.05) is 56.4 Å². The standard InChI is InChI=1S/C27H34N8O/c1-19(2)27-33-25(20-6-5-7-21(28)16-20)26(36-27)23(29-3)10-11-30-18-32-22-8-9-24(31-17-22)35-14-12-34(4)13-15-35/h5-11,16-17,19,32H,3,12-15,18,28H2,1-2,4H3/b23-10-,30-11-. The summed E-state index contributed by atoms with van der Waals surface area (Å²) in [5.74, 6) is 2.30. The molecule has 0 radical (unpaired) electrons. The largest absolute Gasteiger partial charge is 0.438 e. The van der Waals surface area contributed by atoms with E-state index in [1.54, 1.807) is 12.3 Å². The van der Waals surface area contributed by atoms with Crippen LogP contribution < -0.4 is 16.0 Å². The van der Waals surface area contributed by atoms with Gasteiger partial charge in [0.2, 0.25) is 0 Å². The second kappa shape index (κ2) is 11.6. The maximum absolute atomic E-state index is 6.07. The summed E-state index contributed by atoms with van der Waals surface area (Å²) < 4.78 is 6.07. The minimum atomic E-state index is 0.124. The van der Waals surface area contributed by atoms with Crippen LogP contribution in [0.15, 0.2) is 63.1 Å². The Hall–Kier alpha value is -3.98. The Morgan fingerprint density at radius 1 is 1.22 bits per heavy atom. The fraction of sp³-hybridized carbons (Fsp3) is 0.333. The molecule has 0 spiro atoms. The quantitative estimate of drug-likeness (QED) is 0.341. The molecular formula is C27H34N8O. The van der Waals surface area contributed by atoms with E-state index in [0.717, 1.165) is 43.2 Å². The molecule has 3 heterocycles. The van der Waals surface area contributed by atoms with E-state index in [0.29, 0.717) is 35.4 Å². The Kier molecular flexibility index (Phi) is 8.12. The topological polar surface area (TPSA) is 108 Å². The molecule has 0 unspecified atom stereocenters. The molecule has 0 saturated carbocycles. The normalized spacial score (nSPS) is 15.1. The number of rotatable bonds is 9. The highest BCUT2D eigenvalue weighted by molar-refractivity contribution is 5.87. The van der Waals surface area contributed by atoms with Gasteiger partial charge in [0, 0.05) is 49.6 Å². The van der Waals surface area contributed by atoms with E-state index in [1.165, 1.54) is 0 Å². The highest BCUT2D eigenvalue weighted by Gasteiger charge is 2.20. The van der Waals surface area contributed by atoms with E-state index < -0.39 is 0 Å². The number of oxazole rings is 1. The average Bonchev–Trinajstić information content (AvgIpc) is 3.33. The van der Waals surface area contributed by atoms with Crippen molar-refractivity contribution in [2.45, 2.75) is 19.8 Å². The molecule has 1 fully saturated rings. The third-order valence-electron chi connectivity index (χ3n) is 5.99. The first-order valence-corrected chi connectivity index (χ1v) is 12.1. The van der Waals surface area contributed by atoms with Crippen molar-refractivity contribution in [3.63, 3.8) is 0 Å². The monoisotopic (exact) mass is 486 g/mol. The van der Waals surface area contributed by atoms with Gasteiger partial charge >= 0.3 is 0 Å². The van der Waals surface area contributed by atoms with Crippen molar-refractivity contribution in [2.24, 2.45) is 9.98 Å². The number of hydrogen-bond donors (Lipinski definition) is 2. The maximum Gasteiger partial charge on any atom is 0.198 e. The SMILES string of the molecule is C=N/C(=C\C=N/CNc1ccc(N2CCN(C)CC2)nc1)c1oc(C(C)C)nc1-c1cccc(N)c1. The highest BCUT2D eigenvalue weighted by Crippen LogP contribution is 2.33. The fourth-order valence-corrected chi connectivity index (χ4v) is 3.87. The summed E-state index contributed by atoms with van der Waals surface area (Å²) in [6.45, 7) is 12.3. The van der Waals surface area contributed by atoms with E-state index >= 15 is 0 Å². The number of nitrogens with zero attached hydrogens (tertiary/aromatic N) is 6. The number of benzene rings is 1. The molecule has 0 bridgehead atoms. The van der Waals surface area contributed by atoms with Gasteiger partial charge in [-0.1, -0.05) is 26.0 Å². The molecule has 0 aliphatic carbocycles. The van der Waals surface area contributed by atoms with Crippen LogP contribution >= 0.6 is 0 Å². The molecular weight excluding hydrogens is 452 g/mol. The van der Waals surface area contributed by atoms with E-state index in [-0.39, 0.29) is 5.92 Å². The van der Waals surface area contributed by atoms with Crippen molar-refractivity contribution in [2.75, 3.05) is 55.8 Å². The zero-order valence-corrected chi connectivity index (χ0v) is 21.2. The summed E-state index contributed by atoms with van der Waals surface area (Å²) in [4.78, 5) is 22.5. The van der Waals surface area contributed by atoms with Crippen LogP contribution in [0.2, 0.25) is 0 Å². The highest BCUT2D eigenvalue weighted by atomic mass is 16.4. The number of hydrogen-bond acceptors (Lipinski definition) is 9. The number of piperazine rings is 1. The lowest BCUT2D eigenvalue weighted by Gasteiger charge is -2.33. The molecule has 1 aliphatic rings. The number of nitrogens with one attached hydrogen (secondary N) is 1. The van der Waals surface area contributed by atoms with Gasteiger partial charge in [-0.05, 0) is 44.1 Å². The molecule has 1 saturated heterocycles. The minimum absolute atomic E-state index is 0.124. The van der Waals surface area contributed by atoms with Crippen LogP contribution in [0.1, 0.15) is 31.4 Å². The number of nitrogen functional groups attached to an aromatic ring is 1. The Morgan fingerprint density at radius 3 is 2.69 bits per heavy atom. The molecule has 9 heteroatoms. The fourth-order valence-electron chi connectivity index (χ4n) is 3.87. The van der Waals surface area contributed by atoms with Crippen molar-refractivity contribution < 1.29 is 4.42 Å². The molecule has 36 heavy (non-hydrogen) atoms. The van der Waals surface area contributed by atoms with Gasteiger partial charge in [0.15, 0.2) is 11.7 Å². The Morgan fingerprint density at radius 2 is 2.03 bits per heavy atom. The summed E-state index contributed by atoms with van der Waals surface area (Å²) in [6.07, 6.45) is 5.29. The smallest absolute Gasteiger partial charge is 0.198 e. The summed E-state index contributed by atoms with van der Waals surface area (Å²) in [5, 5.41) is 3.26. The molecule has 1 aromatic carbocycles. The van der Waals surface area contributed by atoms with Gasteiger partial charge < -0.3 is 25.3 Å². The van der Waals surface area contributed by atoms with E-state index in [9.17, 15) is 0 Å².